The Kier molecular flexibility index (Phi) is 13.7. The fourth-order valence-electron chi connectivity index (χ4n) is 21.2. The largest absolute Gasteiger partial charge is 0.455 e. The maximum absolute atomic E-state index is 9.25. The Balaban J connectivity index is 0.000000102. The Morgan fingerprint density at radius 3 is 0.729 bits per heavy atom. The van der Waals surface area contributed by atoms with Crippen LogP contribution in [0.1, 0.15) is 11.0 Å². The molecule has 0 saturated heterocycles. The van der Waals surface area contributed by atoms with E-state index < -0.39 is 0 Å². The maximum atomic E-state index is 9.25. The van der Waals surface area contributed by atoms with Gasteiger partial charge in [-0.05, 0) is 188 Å². The summed E-state index contributed by atoms with van der Waals surface area (Å²) in [5.41, 5.74) is 21.0. The van der Waals surface area contributed by atoms with Crippen LogP contribution in [-0.2, 0) is 0 Å². The van der Waals surface area contributed by atoms with Gasteiger partial charge in [-0.25, -0.2) is 0 Å². The van der Waals surface area contributed by atoms with E-state index in [1.807, 2.05) is 200 Å². The normalized spacial score (nSPS) is 13.1. The lowest BCUT2D eigenvalue weighted by atomic mass is 9.86. The smallest absolute Gasteiger partial charge is 0.143 e. The zero-order chi connectivity index (χ0) is 91.2. The fraction of sp³-hybridized carbons (Fsp3) is 0. The molecule has 0 N–H and O–H groups in total. The molecule has 129 heavy (non-hydrogen) atoms. The maximum Gasteiger partial charge on any atom is 0.143 e. The second-order valence-electron chi connectivity index (χ2n) is 33.8. The molecule has 5 heterocycles. The summed E-state index contributed by atoms with van der Waals surface area (Å²) in [5, 5.41) is 29.1. The van der Waals surface area contributed by atoms with Crippen molar-refractivity contribution in [3.63, 3.8) is 0 Å². The van der Waals surface area contributed by atoms with E-state index in [1.54, 1.807) is 0 Å². The van der Waals surface area contributed by atoms with Crippen LogP contribution in [-0.4, -0.2) is 0 Å². The van der Waals surface area contributed by atoms with Crippen LogP contribution < -0.4 is 0 Å². The number of benzene rings is 25. The summed E-state index contributed by atoms with van der Waals surface area (Å²) in [7, 11) is 0. The molecular weight excluding hydrogens is 1570 g/mol. The average molecular weight is 1650 g/mol. The highest BCUT2D eigenvalue weighted by Gasteiger charge is 2.26. The second-order valence-corrected chi connectivity index (χ2v) is 33.8. The number of para-hydroxylation sites is 10. The predicted octanol–water partition coefficient (Wildman–Crippen LogP) is 36.1. The summed E-state index contributed by atoms with van der Waals surface area (Å²) in [6.45, 7) is 0. The highest BCUT2D eigenvalue weighted by Crippen LogP contribution is 2.52. The molecule has 0 aliphatic carbocycles. The lowest BCUT2D eigenvalue weighted by molar-refractivity contribution is 0.669. The average Bonchev–Trinajstić information content (AvgIpc) is 1.42. The van der Waals surface area contributed by atoms with Crippen LogP contribution in [0.4, 0.5) is 0 Å². The Bertz CT molecular complexity index is 10100. The first-order valence-electron chi connectivity index (χ1n) is 47.6. The van der Waals surface area contributed by atoms with E-state index in [0.717, 1.165) is 246 Å². The molecule has 0 amide bonds. The molecule has 0 radical (unpaired) electrons. The zero-order valence-electron chi connectivity index (χ0n) is 76.8. The van der Waals surface area contributed by atoms with E-state index in [0.29, 0.717) is 57.2 Å². The molecule has 0 bridgehead atoms. The van der Waals surface area contributed by atoms with Crippen molar-refractivity contribution in [2.75, 3.05) is 0 Å². The third kappa shape index (κ3) is 10.7. The minimum Gasteiger partial charge on any atom is -0.455 e. The van der Waals surface area contributed by atoms with Crippen LogP contribution in [0.3, 0.4) is 0 Å². The minimum atomic E-state index is 0.118. The van der Waals surface area contributed by atoms with Crippen LogP contribution in [0.5, 0.6) is 0 Å². The second kappa shape index (κ2) is 27.7. The third-order valence-corrected chi connectivity index (χ3v) is 27.0. The van der Waals surface area contributed by atoms with Crippen molar-refractivity contribution >= 4 is 217 Å². The lowest BCUT2D eigenvalue weighted by Gasteiger charge is -2.17. The molecule has 0 unspecified atom stereocenters. The van der Waals surface area contributed by atoms with Crippen molar-refractivity contribution in [1.82, 2.24) is 0 Å². The quantitative estimate of drug-likeness (QED) is 0.149. The van der Waals surface area contributed by atoms with Crippen molar-refractivity contribution < 1.29 is 33.1 Å². The molecule has 30 aromatic rings. The molecule has 5 nitrogen and oxygen atoms in total. The van der Waals surface area contributed by atoms with Crippen LogP contribution in [0.15, 0.2) is 447 Å². The van der Waals surface area contributed by atoms with Crippen molar-refractivity contribution in [2.24, 2.45) is 0 Å². The van der Waals surface area contributed by atoms with Crippen LogP contribution in [0.25, 0.3) is 295 Å². The van der Waals surface area contributed by atoms with E-state index in [9.17, 15) is 5.48 Å². The number of hydrogen-bond donors (Lipinski definition) is 0. The first kappa shape index (κ1) is 63.8. The van der Waals surface area contributed by atoms with Gasteiger partial charge in [-0.15, -0.1) is 0 Å². The van der Waals surface area contributed by atoms with Crippen LogP contribution in [0.2, 0.25) is 0 Å². The molecular formula is C124H70O5. The van der Waals surface area contributed by atoms with Gasteiger partial charge in [0, 0.05) is 81.7 Å². The van der Waals surface area contributed by atoms with E-state index >= 15 is 0 Å². The summed E-state index contributed by atoms with van der Waals surface area (Å²) in [5.74, 6) is 0. The molecule has 0 spiro atoms. The van der Waals surface area contributed by atoms with Crippen molar-refractivity contribution in [3.8, 4) is 77.9 Å². The number of furan rings is 5. The number of hydrogen-bond acceptors (Lipinski definition) is 5. The van der Waals surface area contributed by atoms with Crippen LogP contribution >= 0.6 is 0 Å². The van der Waals surface area contributed by atoms with Gasteiger partial charge in [0.1, 0.15) is 55.8 Å². The van der Waals surface area contributed by atoms with Gasteiger partial charge in [-0.3, -0.25) is 0 Å². The summed E-state index contributed by atoms with van der Waals surface area (Å²) in [6, 6.07) is 129. The molecule has 30 rings (SSSR count). The van der Waals surface area contributed by atoms with Gasteiger partial charge in [-0.2, -0.15) is 0 Å². The zero-order valence-corrected chi connectivity index (χ0v) is 68.8. The van der Waals surface area contributed by atoms with Gasteiger partial charge in [0.15, 0.2) is 0 Å². The molecule has 0 atom stereocenters. The molecule has 596 valence electrons. The molecule has 0 aliphatic heterocycles. The predicted molar refractivity (Wildman–Crippen MR) is 542 cm³/mol. The van der Waals surface area contributed by atoms with Crippen LogP contribution in [0, 0.1) is 0 Å². The monoisotopic (exact) mass is 1650 g/mol. The van der Waals surface area contributed by atoms with Gasteiger partial charge < -0.3 is 22.1 Å². The van der Waals surface area contributed by atoms with Crippen molar-refractivity contribution in [1.29, 1.82) is 0 Å². The van der Waals surface area contributed by atoms with Gasteiger partial charge in [0.2, 0.25) is 0 Å². The molecule has 0 aliphatic rings. The van der Waals surface area contributed by atoms with E-state index in [2.05, 4.69) is 176 Å². The molecule has 5 aromatic heterocycles. The summed E-state index contributed by atoms with van der Waals surface area (Å²) >= 11 is 0. The van der Waals surface area contributed by atoms with Gasteiger partial charge in [-0.1, -0.05) is 394 Å². The number of fused-ring (bicyclic) bond motifs is 16. The fourth-order valence-corrected chi connectivity index (χ4v) is 21.2. The highest BCUT2D eigenvalue weighted by molar-refractivity contribution is 6.33. The van der Waals surface area contributed by atoms with E-state index in [4.69, 9.17) is 27.6 Å². The molecule has 0 saturated carbocycles. The van der Waals surface area contributed by atoms with E-state index in [-0.39, 0.29) is 24.2 Å². The molecule has 25 aromatic carbocycles. The first-order valence-corrected chi connectivity index (χ1v) is 43.6. The minimum absolute atomic E-state index is 0.118. The van der Waals surface area contributed by atoms with Crippen molar-refractivity contribution in [3.05, 3.63) is 424 Å². The highest BCUT2D eigenvalue weighted by atomic mass is 16.3. The Morgan fingerprint density at radius 1 is 0.124 bits per heavy atom. The Morgan fingerprint density at radius 2 is 0.357 bits per heavy atom. The number of rotatable bonds is 7. The Labute approximate surface area is 748 Å². The lowest BCUT2D eigenvalue weighted by Crippen LogP contribution is -1.90. The molecule has 5 heteroatoms. The first-order chi connectivity index (χ1) is 67.3. The van der Waals surface area contributed by atoms with Crippen molar-refractivity contribution in [2.45, 2.75) is 0 Å². The van der Waals surface area contributed by atoms with E-state index in [1.165, 1.54) is 16.3 Å². The summed E-state index contributed by atoms with van der Waals surface area (Å²) in [6.07, 6.45) is 0. The van der Waals surface area contributed by atoms with Gasteiger partial charge in [0.05, 0.1) is 11.0 Å². The summed E-state index contributed by atoms with van der Waals surface area (Å²) in [4.78, 5) is 0. The standard InChI is InChI=1S/C44H26O.2C40H22O2/c1-2-9-32-27(7-1)8-5-11-33(32)28-15-17-29(18-16-28)34-23-19-30-22-26-38-35(24-20-31-21-25-37(34)42(30)43(31)38)39-12-6-13-40-36-10-3-4-14-41(36)45-44(39)40;2*1-3-13-35-27(7-1)33-11-5-9-31(39(33)41-35)25-19-17-23-15-16-24-18-20-26(30-22-21-29(25)37(23)38(24)30)32-10-6-12-34-28-8-2-4-14-36(28)42-40(32)34/h1-26H;2*1-22H/i19D,21D;17D,18D,19D,20D;17D,18D. The molecule has 0 fully saturated rings. The van der Waals surface area contributed by atoms with Gasteiger partial charge >= 0.3 is 0 Å². The summed E-state index contributed by atoms with van der Waals surface area (Å²) < 4.78 is 106. The Hall–Kier alpha value is -17.1. The SMILES string of the molecule is [2H]c1c([2H])c2ccc3c([2H])c([2H])c(-c4cccc5c4oc4ccccc45)c4ccc(c1-c1cccc5c1oc1ccccc15)c2c34.[2H]c1cc(-c2ccc(-c3cccc4ccccc34)cc2)c2cc([2H])c3ccc(-c4cccc5c4oc4ccccc45)c4ccc1c2c34.[2H]c1cc(-c2cccc3c2oc2ccccc23)c2ccc3c(-c4cccc5c4oc4ccccc45)cc([2H])c4ccc1c2c43. The third-order valence-electron chi connectivity index (χ3n) is 27.0. The topological polar surface area (TPSA) is 65.7 Å². The van der Waals surface area contributed by atoms with Gasteiger partial charge in [0.25, 0.3) is 0 Å².